The molecule has 1 aliphatic carbocycles. The van der Waals surface area contributed by atoms with Gasteiger partial charge in [-0.1, -0.05) is 43.2 Å². The first-order chi connectivity index (χ1) is 12.2. The first kappa shape index (κ1) is 16.2. The molecule has 7 heteroatoms. The smallest absolute Gasteiger partial charge is 0.244 e. The van der Waals surface area contributed by atoms with Crippen LogP contribution in [0.2, 0.25) is 0 Å². The van der Waals surface area contributed by atoms with E-state index in [1.54, 1.807) is 0 Å². The van der Waals surface area contributed by atoms with Crippen molar-refractivity contribution in [1.82, 2.24) is 25.1 Å². The lowest BCUT2D eigenvalue weighted by Crippen LogP contribution is -2.59. The summed E-state index contributed by atoms with van der Waals surface area (Å²) in [6.45, 7) is 0.716. The molecule has 2 fully saturated rings. The Morgan fingerprint density at radius 2 is 2.04 bits per heavy atom. The molecule has 3 atom stereocenters. The third-order valence-electron chi connectivity index (χ3n) is 5.76. The van der Waals surface area contributed by atoms with Crippen LogP contribution in [-0.2, 0) is 16.9 Å². The molecule has 7 nitrogen and oxygen atoms in total. The molecular weight excluding hydrogens is 318 g/mol. The van der Waals surface area contributed by atoms with Gasteiger partial charge in [-0.2, -0.15) is 0 Å². The Hall–Kier alpha value is -2.28. The Morgan fingerprint density at radius 1 is 1.24 bits per heavy atom. The van der Waals surface area contributed by atoms with Gasteiger partial charge in [0.2, 0.25) is 5.91 Å². The molecule has 25 heavy (non-hydrogen) atoms. The Labute approximate surface area is 146 Å². The van der Waals surface area contributed by atoms with Gasteiger partial charge in [0.1, 0.15) is 12.9 Å². The minimum absolute atomic E-state index is 0.0271. The van der Waals surface area contributed by atoms with Crippen molar-refractivity contribution in [2.75, 3.05) is 6.54 Å². The summed E-state index contributed by atoms with van der Waals surface area (Å²) in [6, 6.07) is 10.0. The molecule has 2 heterocycles. The zero-order valence-electron chi connectivity index (χ0n) is 14.2. The van der Waals surface area contributed by atoms with Crippen LogP contribution < -0.4 is 0 Å². The van der Waals surface area contributed by atoms with Crippen LogP contribution in [0.5, 0.6) is 0 Å². The third kappa shape index (κ3) is 2.93. The van der Waals surface area contributed by atoms with Crippen molar-refractivity contribution in [3.63, 3.8) is 0 Å². The van der Waals surface area contributed by atoms with Gasteiger partial charge in [0.05, 0.1) is 5.60 Å². The number of piperidine rings is 1. The largest absolute Gasteiger partial charge is 0.385 e. The number of rotatable bonds is 3. The van der Waals surface area contributed by atoms with Gasteiger partial charge in [0.25, 0.3) is 0 Å². The van der Waals surface area contributed by atoms with E-state index >= 15 is 0 Å². The van der Waals surface area contributed by atoms with E-state index in [4.69, 9.17) is 0 Å². The fourth-order valence-electron chi connectivity index (χ4n) is 4.56. The Kier molecular flexibility index (Phi) is 4.25. The van der Waals surface area contributed by atoms with Gasteiger partial charge in [-0.25, -0.2) is 4.68 Å². The van der Waals surface area contributed by atoms with Crippen LogP contribution in [-0.4, -0.2) is 48.7 Å². The number of amides is 1. The lowest BCUT2D eigenvalue weighted by atomic mass is 9.66. The number of hydrogen-bond donors (Lipinski definition) is 1. The highest BCUT2D eigenvalue weighted by Crippen LogP contribution is 2.46. The summed E-state index contributed by atoms with van der Waals surface area (Å²) in [4.78, 5) is 14.7. The summed E-state index contributed by atoms with van der Waals surface area (Å²) in [5.41, 5.74) is 0.122. The molecule has 1 saturated carbocycles. The van der Waals surface area contributed by atoms with E-state index in [9.17, 15) is 9.90 Å². The van der Waals surface area contributed by atoms with E-state index in [-0.39, 0.29) is 24.4 Å². The maximum absolute atomic E-state index is 12.8. The van der Waals surface area contributed by atoms with Crippen LogP contribution in [0.25, 0.3) is 0 Å². The van der Waals surface area contributed by atoms with Crippen LogP contribution in [0.4, 0.5) is 0 Å². The number of nitrogens with zero attached hydrogens (tertiary/aromatic N) is 5. The van der Waals surface area contributed by atoms with Crippen molar-refractivity contribution >= 4 is 5.91 Å². The summed E-state index contributed by atoms with van der Waals surface area (Å²) in [6.07, 6.45) is 6.12. The molecule has 0 spiro atoms. The normalized spacial score (nSPS) is 29.2. The van der Waals surface area contributed by atoms with Crippen molar-refractivity contribution in [2.45, 2.75) is 50.3 Å². The number of likely N-dealkylation sites (tertiary alicyclic amines) is 1. The molecule has 2 aliphatic rings. The molecule has 1 aliphatic heterocycles. The zero-order chi connectivity index (χ0) is 17.3. The number of tetrazole rings is 1. The lowest BCUT2D eigenvalue weighted by Gasteiger charge is -2.52. The summed E-state index contributed by atoms with van der Waals surface area (Å²) < 4.78 is 1.46. The number of benzene rings is 1. The monoisotopic (exact) mass is 341 g/mol. The minimum atomic E-state index is -0.849. The van der Waals surface area contributed by atoms with Crippen molar-refractivity contribution in [2.24, 2.45) is 5.92 Å². The topological polar surface area (TPSA) is 84.1 Å². The van der Waals surface area contributed by atoms with Gasteiger partial charge in [-0.3, -0.25) is 4.79 Å². The number of carbonyl (C=O) groups is 1. The second-order valence-electron chi connectivity index (χ2n) is 7.09. The molecule has 1 saturated heterocycles. The number of carbonyl (C=O) groups excluding carboxylic acids is 1. The van der Waals surface area contributed by atoms with Gasteiger partial charge in [-0.15, -0.1) is 5.10 Å². The van der Waals surface area contributed by atoms with E-state index < -0.39 is 5.60 Å². The van der Waals surface area contributed by atoms with Crippen LogP contribution >= 0.6 is 0 Å². The summed E-state index contributed by atoms with van der Waals surface area (Å²) in [7, 11) is 0. The highest BCUT2D eigenvalue weighted by atomic mass is 16.3. The average molecular weight is 341 g/mol. The molecule has 1 aromatic carbocycles. The molecule has 2 aromatic rings. The average Bonchev–Trinajstić information content (AvgIpc) is 3.16. The van der Waals surface area contributed by atoms with Gasteiger partial charge >= 0.3 is 0 Å². The second-order valence-corrected chi connectivity index (χ2v) is 7.09. The molecule has 0 unspecified atom stereocenters. The Balaban J connectivity index is 1.59. The lowest BCUT2D eigenvalue weighted by molar-refractivity contribution is -0.155. The summed E-state index contributed by atoms with van der Waals surface area (Å²) in [5.74, 6) is 0.106. The van der Waals surface area contributed by atoms with Gasteiger partial charge in [-0.05, 0) is 35.3 Å². The highest BCUT2D eigenvalue weighted by molar-refractivity contribution is 5.76. The maximum Gasteiger partial charge on any atom is 0.244 e. The third-order valence-corrected chi connectivity index (χ3v) is 5.76. The van der Waals surface area contributed by atoms with Crippen LogP contribution in [0.1, 0.15) is 37.7 Å². The predicted molar refractivity (Wildman–Crippen MR) is 90.2 cm³/mol. The number of aliphatic hydroxyl groups is 1. The highest BCUT2D eigenvalue weighted by Gasteiger charge is 2.50. The van der Waals surface area contributed by atoms with E-state index in [1.165, 1.54) is 11.0 Å². The van der Waals surface area contributed by atoms with E-state index in [0.717, 1.165) is 31.2 Å². The predicted octanol–water partition coefficient (Wildman–Crippen LogP) is 1.35. The fourth-order valence-corrected chi connectivity index (χ4v) is 4.56. The van der Waals surface area contributed by atoms with Gasteiger partial charge in [0.15, 0.2) is 0 Å². The zero-order valence-corrected chi connectivity index (χ0v) is 14.2. The van der Waals surface area contributed by atoms with Gasteiger partial charge in [0, 0.05) is 18.5 Å². The Morgan fingerprint density at radius 3 is 2.80 bits per heavy atom. The first-order valence-corrected chi connectivity index (χ1v) is 8.96. The molecule has 1 aromatic heterocycles. The van der Waals surface area contributed by atoms with Crippen LogP contribution in [0.15, 0.2) is 36.7 Å². The second kappa shape index (κ2) is 6.55. The van der Waals surface area contributed by atoms with E-state index in [2.05, 4.69) is 15.5 Å². The van der Waals surface area contributed by atoms with Crippen LogP contribution in [0.3, 0.4) is 0 Å². The van der Waals surface area contributed by atoms with Crippen LogP contribution in [0, 0.1) is 5.92 Å². The van der Waals surface area contributed by atoms with Gasteiger partial charge < -0.3 is 10.0 Å². The minimum Gasteiger partial charge on any atom is -0.385 e. The SMILES string of the molecule is O=C(Cn1cnnn1)N1CC[C@](O)(c2ccccc2)[C@@H]2CCCC[C@H]21. The molecule has 132 valence electrons. The summed E-state index contributed by atoms with van der Waals surface area (Å²) >= 11 is 0. The molecule has 1 amide bonds. The molecular formula is C18H23N5O2. The van der Waals surface area contributed by atoms with Crippen molar-refractivity contribution in [1.29, 1.82) is 0 Å². The first-order valence-electron chi connectivity index (χ1n) is 8.96. The van der Waals surface area contributed by atoms with E-state index in [0.29, 0.717) is 13.0 Å². The van der Waals surface area contributed by atoms with E-state index in [1.807, 2.05) is 35.2 Å². The molecule has 4 rings (SSSR count). The molecule has 0 radical (unpaired) electrons. The van der Waals surface area contributed by atoms with Crippen molar-refractivity contribution in [3.05, 3.63) is 42.2 Å². The number of aromatic nitrogens is 4. The quantitative estimate of drug-likeness (QED) is 0.911. The Bertz CT molecular complexity index is 720. The summed E-state index contributed by atoms with van der Waals surface area (Å²) in [5, 5.41) is 22.5. The molecule has 0 bridgehead atoms. The van der Waals surface area contributed by atoms with Crippen molar-refractivity contribution < 1.29 is 9.90 Å². The fraction of sp³-hybridized carbons (Fsp3) is 0.556. The number of hydrogen-bond acceptors (Lipinski definition) is 5. The molecule has 1 N–H and O–H groups in total. The maximum atomic E-state index is 12.8. The number of fused-ring (bicyclic) bond motifs is 1. The standard InChI is InChI=1S/C18H23N5O2/c24-17(12-22-13-19-20-21-22)23-11-10-18(25,14-6-2-1-3-7-14)15-8-4-5-9-16(15)23/h1-3,6-7,13,15-16,25H,4-5,8-12H2/t15-,16-,18+/m1/s1. The van der Waals surface area contributed by atoms with Crippen molar-refractivity contribution in [3.8, 4) is 0 Å².